The van der Waals surface area contributed by atoms with E-state index in [4.69, 9.17) is 10.5 Å². The van der Waals surface area contributed by atoms with Crippen LogP contribution in [0.2, 0.25) is 0 Å². The number of halogens is 1. The van der Waals surface area contributed by atoms with Crippen molar-refractivity contribution in [3.8, 4) is 0 Å². The molecule has 74 valence electrons. The lowest BCUT2D eigenvalue weighted by Gasteiger charge is -2.37. The summed E-state index contributed by atoms with van der Waals surface area (Å²) in [5.41, 5.74) is 6.27. The van der Waals surface area contributed by atoms with Crippen LogP contribution in [0.3, 0.4) is 0 Å². The summed E-state index contributed by atoms with van der Waals surface area (Å²) in [7, 11) is 1.78. The monoisotopic (exact) mass is 193 g/mol. The molecule has 0 spiro atoms. The molecule has 2 unspecified atom stereocenters. The van der Waals surface area contributed by atoms with Gasteiger partial charge in [-0.1, -0.05) is 13.8 Å². The molecule has 3 heteroatoms. The van der Waals surface area contributed by atoms with Gasteiger partial charge in [0.15, 0.2) is 0 Å². The zero-order chi connectivity index (χ0) is 8.48. The van der Waals surface area contributed by atoms with E-state index < -0.39 is 0 Å². The first-order valence-electron chi connectivity index (χ1n) is 4.32. The zero-order valence-electron chi connectivity index (χ0n) is 8.17. The molecule has 0 aromatic heterocycles. The van der Waals surface area contributed by atoms with Gasteiger partial charge in [-0.3, -0.25) is 0 Å². The normalized spacial score (nSPS) is 34.0. The van der Waals surface area contributed by atoms with Crippen LogP contribution >= 0.6 is 12.4 Å². The standard InChI is InChI=1S/C9H19NO.ClH/c1-9(2)5-7(10)4-8(6-9)11-3;/h7-8H,4-6,10H2,1-3H3;1H. The minimum atomic E-state index is 0. The molecule has 0 amide bonds. The Morgan fingerprint density at radius 2 is 1.92 bits per heavy atom. The number of ether oxygens (including phenoxy) is 1. The van der Waals surface area contributed by atoms with Gasteiger partial charge in [-0.25, -0.2) is 0 Å². The zero-order valence-corrected chi connectivity index (χ0v) is 8.99. The highest BCUT2D eigenvalue weighted by molar-refractivity contribution is 5.85. The summed E-state index contributed by atoms with van der Waals surface area (Å²) in [5.74, 6) is 0. The van der Waals surface area contributed by atoms with Crippen molar-refractivity contribution >= 4 is 12.4 Å². The summed E-state index contributed by atoms with van der Waals surface area (Å²) in [6, 6.07) is 0.337. The van der Waals surface area contributed by atoms with Crippen LogP contribution in [0.5, 0.6) is 0 Å². The summed E-state index contributed by atoms with van der Waals surface area (Å²) in [6.45, 7) is 4.52. The summed E-state index contributed by atoms with van der Waals surface area (Å²) >= 11 is 0. The molecule has 0 aromatic rings. The molecular formula is C9H20ClNO. The predicted octanol–water partition coefficient (Wildman–Crippen LogP) is 1.96. The molecule has 0 heterocycles. The highest BCUT2D eigenvalue weighted by Gasteiger charge is 2.32. The molecule has 1 saturated carbocycles. The van der Waals surface area contributed by atoms with Crippen LogP contribution < -0.4 is 5.73 Å². The molecule has 0 bridgehead atoms. The molecule has 12 heavy (non-hydrogen) atoms. The quantitative estimate of drug-likeness (QED) is 0.691. The number of methoxy groups -OCH3 is 1. The number of hydrogen-bond acceptors (Lipinski definition) is 2. The van der Waals surface area contributed by atoms with E-state index in [1.54, 1.807) is 7.11 Å². The van der Waals surface area contributed by atoms with Crippen LogP contribution in [0.1, 0.15) is 33.1 Å². The largest absolute Gasteiger partial charge is 0.381 e. The van der Waals surface area contributed by atoms with Gasteiger partial charge in [0.05, 0.1) is 6.10 Å². The van der Waals surface area contributed by atoms with Crippen molar-refractivity contribution in [3.63, 3.8) is 0 Å². The molecular weight excluding hydrogens is 174 g/mol. The van der Waals surface area contributed by atoms with Crippen molar-refractivity contribution in [1.29, 1.82) is 0 Å². The van der Waals surface area contributed by atoms with Crippen molar-refractivity contribution in [1.82, 2.24) is 0 Å². The highest BCUT2D eigenvalue weighted by atomic mass is 35.5. The fraction of sp³-hybridized carbons (Fsp3) is 1.00. The molecule has 0 saturated heterocycles. The maximum Gasteiger partial charge on any atom is 0.0591 e. The Kier molecular flexibility index (Phi) is 4.53. The maximum atomic E-state index is 5.90. The average molecular weight is 194 g/mol. The average Bonchev–Trinajstić information content (AvgIpc) is 1.83. The summed E-state index contributed by atoms with van der Waals surface area (Å²) in [4.78, 5) is 0. The molecule has 2 atom stereocenters. The van der Waals surface area contributed by atoms with Crippen LogP contribution in [0.15, 0.2) is 0 Å². The van der Waals surface area contributed by atoms with Crippen LogP contribution in [-0.2, 0) is 4.74 Å². The van der Waals surface area contributed by atoms with E-state index in [2.05, 4.69) is 13.8 Å². The number of nitrogens with two attached hydrogens (primary N) is 1. The third-order valence-corrected chi connectivity index (χ3v) is 2.49. The molecule has 1 rings (SSSR count). The molecule has 1 aliphatic rings. The second-order valence-electron chi connectivity index (χ2n) is 4.43. The van der Waals surface area contributed by atoms with E-state index in [1.165, 1.54) is 0 Å². The van der Waals surface area contributed by atoms with Gasteiger partial charge >= 0.3 is 0 Å². The van der Waals surface area contributed by atoms with Gasteiger partial charge in [0, 0.05) is 13.2 Å². The first-order valence-corrected chi connectivity index (χ1v) is 4.32. The van der Waals surface area contributed by atoms with Gasteiger partial charge in [-0.05, 0) is 24.7 Å². The second-order valence-corrected chi connectivity index (χ2v) is 4.43. The van der Waals surface area contributed by atoms with Crippen molar-refractivity contribution in [3.05, 3.63) is 0 Å². The van der Waals surface area contributed by atoms with E-state index in [0.717, 1.165) is 19.3 Å². The summed E-state index contributed by atoms with van der Waals surface area (Å²) < 4.78 is 5.32. The first kappa shape index (κ1) is 12.2. The highest BCUT2D eigenvalue weighted by Crippen LogP contribution is 2.35. The van der Waals surface area contributed by atoms with E-state index in [0.29, 0.717) is 17.6 Å². The maximum absolute atomic E-state index is 5.90. The minimum Gasteiger partial charge on any atom is -0.381 e. The predicted molar refractivity (Wildman–Crippen MR) is 53.7 cm³/mol. The Hall–Kier alpha value is 0.210. The third-order valence-electron chi connectivity index (χ3n) is 2.49. The van der Waals surface area contributed by atoms with E-state index in [-0.39, 0.29) is 12.4 Å². The smallest absolute Gasteiger partial charge is 0.0591 e. The summed E-state index contributed by atoms with van der Waals surface area (Å²) in [5, 5.41) is 0. The number of rotatable bonds is 1. The Morgan fingerprint density at radius 3 is 2.33 bits per heavy atom. The van der Waals surface area contributed by atoms with E-state index >= 15 is 0 Å². The lowest BCUT2D eigenvalue weighted by Crippen LogP contribution is -2.40. The van der Waals surface area contributed by atoms with Crippen LogP contribution in [0.4, 0.5) is 0 Å². The van der Waals surface area contributed by atoms with Crippen molar-refractivity contribution < 1.29 is 4.74 Å². The van der Waals surface area contributed by atoms with Crippen LogP contribution in [-0.4, -0.2) is 19.3 Å². The van der Waals surface area contributed by atoms with Gasteiger partial charge in [0.1, 0.15) is 0 Å². The lowest BCUT2D eigenvalue weighted by molar-refractivity contribution is 0.0179. The van der Waals surface area contributed by atoms with Gasteiger partial charge in [-0.15, -0.1) is 12.4 Å². The van der Waals surface area contributed by atoms with Gasteiger partial charge in [-0.2, -0.15) is 0 Å². The number of hydrogen-bond donors (Lipinski definition) is 1. The minimum absolute atomic E-state index is 0. The van der Waals surface area contributed by atoms with Crippen LogP contribution in [0.25, 0.3) is 0 Å². The summed E-state index contributed by atoms with van der Waals surface area (Å²) in [6.07, 6.45) is 3.69. The van der Waals surface area contributed by atoms with Crippen LogP contribution in [0, 0.1) is 5.41 Å². The first-order chi connectivity index (χ1) is 5.03. The van der Waals surface area contributed by atoms with E-state index in [1.807, 2.05) is 0 Å². The molecule has 2 N–H and O–H groups in total. The Labute approximate surface area is 81.3 Å². The Balaban J connectivity index is 0.00000121. The topological polar surface area (TPSA) is 35.2 Å². The molecule has 1 aliphatic carbocycles. The fourth-order valence-electron chi connectivity index (χ4n) is 2.09. The fourth-order valence-corrected chi connectivity index (χ4v) is 2.09. The van der Waals surface area contributed by atoms with Crippen molar-refractivity contribution in [2.75, 3.05) is 7.11 Å². The molecule has 0 radical (unpaired) electrons. The third kappa shape index (κ3) is 3.30. The van der Waals surface area contributed by atoms with Crippen molar-refractivity contribution in [2.45, 2.75) is 45.3 Å². The molecule has 2 nitrogen and oxygen atoms in total. The lowest BCUT2D eigenvalue weighted by atomic mass is 9.74. The van der Waals surface area contributed by atoms with Gasteiger partial charge in [0.25, 0.3) is 0 Å². The van der Waals surface area contributed by atoms with Crippen molar-refractivity contribution in [2.24, 2.45) is 11.1 Å². The molecule has 1 fully saturated rings. The SMILES string of the molecule is COC1CC(N)CC(C)(C)C1.Cl. The molecule has 0 aliphatic heterocycles. The van der Waals surface area contributed by atoms with E-state index in [9.17, 15) is 0 Å². The Morgan fingerprint density at radius 1 is 1.33 bits per heavy atom. The van der Waals surface area contributed by atoms with Gasteiger partial charge < -0.3 is 10.5 Å². The van der Waals surface area contributed by atoms with Gasteiger partial charge in [0.2, 0.25) is 0 Å². The Bertz CT molecular complexity index is 138. The molecule has 0 aromatic carbocycles. The second kappa shape index (κ2) is 4.45.